The Morgan fingerprint density at radius 1 is 1.09 bits per heavy atom. The maximum Gasteiger partial charge on any atom is 0.269 e. The van der Waals surface area contributed by atoms with Gasteiger partial charge in [0.15, 0.2) is 0 Å². The van der Waals surface area contributed by atoms with Gasteiger partial charge in [0, 0.05) is 29.9 Å². The van der Waals surface area contributed by atoms with Gasteiger partial charge in [-0.3, -0.25) is 10.1 Å². The van der Waals surface area contributed by atoms with Crippen molar-refractivity contribution in [1.82, 2.24) is 0 Å². The molecule has 0 unspecified atom stereocenters. The molecule has 1 aliphatic heterocycles. The van der Waals surface area contributed by atoms with Gasteiger partial charge in [-0.15, -0.1) is 0 Å². The molecule has 2 aromatic rings. The van der Waals surface area contributed by atoms with E-state index in [1.165, 1.54) is 16.8 Å². The third-order valence-corrected chi connectivity index (χ3v) is 4.37. The monoisotopic (exact) mass is 308 g/mol. The Morgan fingerprint density at radius 3 is 2.39 bits per heavy atom. The molecule has 0 amide bonds. The maximum atomic E-state index is 10.8. The van der Waals surface area contributed by atoms with E-state index in [1.54, 1.807) is 12.1 Å². The third-order valence-electron chi connectivity index (χ3n) is 4.37. The van der Waals surface area contributed by atoms with Crippen molar-refractivity contribution in [3.05, 3.63) is 75.8 Å². The van der Waals surface area contributed by atoms with Gasteiger partial charge in [-0.1, -0.05) is 36.4 Å². The summed E-state index contributed by atoms with van der Waals surface area (Å²) in [6.45, 7) is 7.24. The molecule has 0 radical (unpaired) electrons. The quantitative estimate of drug-likeness (QED) is 0.604. The molecule has 0 saturated heterocycles. The molecule has 0 bridgehead atoms. The molecule has 4 nitrogen and oxygen atoms in total. The van der Waals surface area contributed by atoms with Crippen LogP contribution in [0.2, 0.25) is 0 Å². The molecule has 0 atom stereocenters. The first-order valence-electron chi connectivity index (χ1n) is 7.68. The van der Waals surface area contributed by atoms with Crippen LogP contribution in [0.15, 0.2) is 54.6 Å². The predicted molar refractivity (Wildman–Crippen MR) is 93.5 cm³/mol. The highest BCUT2D eigenvalue weighted by molar-refractivity contribution is 5.81. The fourth-order valence-corrected chi connectivity index (χ4v) is 3.23. The Balaban J connectivity index is 1.96. The molecule has 23 heavy (non-hydrogen) atoms. The number of nitro benzene ring substituents is 1. The van der Waals surface area contributed by atoms with Gasteiger partial charge in [-0.25, -0.2) is 0 Å². The molecule has 0 N–H and O–H groups in total. The lowest BCUT2D eigenvalue weighted by Gasteiger charge is -2.43. The normalized spacial score (nSPS) is 15.8. The van der Waals surface area contributed by atoms with E-state index < -0.39 is 0 Å². The number of non-ortho nitro benzene ring substituents is 1. The fraction of sp³-hybridized carbons (Fsp3) is 0.263. The van der Waals surface area contributed by atoms with Crippen LogP contribution in [0.3, 0.4) is 0 Å². The summed E-state index contributed by atoms with van der Waals surface area (Å²) >= 11 is 0. The highest BCUT2D eigenvalue weighted by atomic mass is 16.6. The van der Waals surface area contributed by atoms with Crippen LogP contribution in [-0.4, -0.2) is 10.5 Å². The minimum Gasteiger partial charge on any atom is -0.358 e. The van der Waals surface area contributed by atoms with E-state index in [-0.39, 0.29) is 16.1 Å². The van der Waals surface area contributed by atoms with Gasteiger partial charge in [-0.2, -0.15) is 0 Å². The van der Waals surface area contributed by atoms with E-state index in [0.29, 0.717) is 6.54 Å². The van der Waals surface area contributed by atoms with Crippen molar-refractivity contribution < 1.29 is 4.92 Å². The van der Waals surface area contributed by atoms with Crippen molar-refractivity contribution in [3.63, 3.8) is 0 Å². The van der Waals surface area contributed by atoms with Crippen molar-refractivity contribution >= 4 is 16.9 Å². The summed E-state index contributed by atoms with van der Waals surface area (Å²) in [5.41, 5.74) is 4.81. The Labute approximate surface area is 136 Å². The predicted octanol–water partition coefficient (Wildman–Crippen LogP) is 4.80. The molecular weight excluding hydrogens is 288 g/mol. The van der Waals surface area contributed by atoms with Gasteiger partial charge in [0.25, 0.3) is 5.69 Å². The van der Waals surface area contributed by atoms with E-state index in [4.69, 9.17) is 0 Å². The van der Waals surface area contributed by atoms with Crippen molar-refractivity contribution in [2.24, 2.45) is 0 Å². The van der Waals surface area contributed by atoms with Crippen molar-refractivity contribution in [1.29, 1.82) is 0 Å². The minimum absolute atomic E-state index is 0.111. The first kappa shape index (κ1) is 15.3. The number of nitro groups is 1. The molecule has 0 spiro atoms. The van der Waals surface area contributed by atoms with Crippen LogP contribution >= 0.6 is 0 Å². The van der Waals surface area contributed by atoms with Gasteiger partial charge in [0.2, 0.25) is 0 Å². The smallest absolute Gasteiger partial charge is 0.269 e. The van der Waals surface area contributed by atoms with Gasteiger partial charge in [-0.05, 0) is 38.0 Å². The Hall–Kier alpha value is -2.62. The third kappa shape index (κ3) is 2.84. The number of para-hydroxylation sites is 1. The Bertz CT molecular complexity index is 776. The molecule has 118 valence electrons. The van der Waals surface area contributed by atoms with Crippen LogP contribution in [-0.2, 0) is 6.54 Å². The zero-order valence-electron chi connectivity index (χ0n) is 13.6. The van der Waals surface area contributed by atoms with Gasteiger partial charge >= 0.3 is 0 Å². The number of allylic oxidation sites excluding steroid dienone is 1. The SMILES string of the molecule is CC1=CC(C)(C)N(Cc2ccc([N+](=O)[O-])cc2)c2ccccc21. The van der Waals surface area contributed by atoms with E-state index in [1.807, 2.05) is 12.1 Å². The summed E-state index contributed by atoms with van der Waals surface area (Å²) in [5.74, 6) is 0. The molecule has 0 saturated carbocycles. The molecule has 3 rings (SSSR count). The standard InChI is InChI=1S/C19H20N2O2/c1-14-12-19(2,3)20(18-7-5-4-6-17(14)18)13-15-8-10-16(11-9-15)21(22)23/h4-12H,13H2,1-3H3. The Morgan fingerprint density at radius 2 is 1.74 bits per heavy atom. The molecule has 1 aliphatic rings. The number of benzene rings is 2. The first-order valence-corrected chi connectivity index (χ1v) is 7.68. The largest absolute Gasteiger partial charge is 0.358 e. The summed E-state index contributed by atoms with van der Waals surface area (Å²) < 4.78 is 0. The Kier molecular flexibility index (Phi) is 3.68. The van der Waals surface area contributed by atoms with Gasteiger partial charge in [0.1, 0.15) is 0 Å². The van der Waals surface area contributed by atoms with E-state index in [2.05, 4.69) is 56.0 Å². The second-order valence-corrected chi connectivity index (χ2v) is 6.51. The van der Waals surface area contributed by atoms with E-state index >= 15 is 0 Å². The number of hydrogen-bond donors (Lipinski definition) is 0. The molecule has 4 heteroatoms. The van der Waals surface area contributed by atoms with Crippen LogP contribution in [0.5, 0.6) is 0 Å². The highest BCUT2D eigenvalue weighted by Gasteiger charge is 2.30. The number of nitrogens with zero attached hydrogens (tertiary/aromatic N) is 2. The molecule has 0 aromatic heterocycles. The summed E-state index contributed by atoms with van der Waals surface area (Å²) in [7, 11) is 0. The van der Waals surface area contributed by atoms with E-state index in [0.717, 1.165) is 5.56 Å². The topological polar surface area (TPSA) is 46.4 Å². The molecular formula is C19H20N2O2. The lowest BCUT2D eigenvalue weighted by Crippen LogP contribution is -2.44. The van der Waals surface area contributed by atoms with Crippen LogP contribution < -0.4 is 4.90 Å². The average molecular weight is 308 g/mol. The second kappa shape index (κ2) is 5.54. The summed E-state index contributed by atoms with van der Waals surface area (Å²) in [5, 5.41) is 10.8. The van der Waals surface area contributed by atoms with Crippen molar-refractivity contribution in [2.45, 2.75) is 32.9 Å². The van der Waals surface area contributed by atoms with Crippen molar-refractivity contribution in [3.8, 4) is 0 Å². The molecule has 0 aliphatic carbocycles. The summed E-state index contributed by atoms with van der Waals surface area (Å²) in [6, 6.07) is 15.2. The number of anilines is 1. The second-order valence-electron chi connectivity index (χ2n) is 6.51. The zero-order chi connectivity index (χ0) is 16.6. The maximum absolute atomic E-state index is 10.8. The lowest BCUT2D eigenvalue weighted by atomic mass is 9.88. The van der Waals surface area contributed by atoms with Crippen LogP contribution in [0.4, 0.5) is 11.4 Å². The van der Waals surface area contributed by atoms with Crippen LogP contribution in [0, 0.1) is 10.1 Å². The summed E-state index contributed by atoms with van der Waals surface area (Å²) in [6.07, 6.45) is 2.28. The number of rotatable bonds is 3. The van der Waals surface area contributed by atoms with Gasteiger partial charge in [0.05, 0.1) is 10.5 Å². The number of hydrogen-bond acceptors (Lipinski definition) is 3. The van der Waals surface area contributed by atoms with Crippen LogP contribution in [0.1, 0.15) is 31.9 Å². The van der Waals surface area contributed by atoms with Crippen molar-refractivity contribution in [2.75, 3.05) is 4.90 Å². The molecule has 0 fully saturated rings. The average Bonchev–Trinajstić information content (AvgIpc) is 2.51. The van der Waals surface area contributed by atoms with E-state index in [9.17, 15) is 10.1 Å². The number of fused-ring (bicyclic) bond motifs is 1. The minimum atomic E-state index is -0.365. The first-order chi connectivity index (χ1) is 10.9. The lowest BCUT2D eigenvalue weighted by molar-refractivity contribution is -0.384. The highest BCUT2D eigenvalue weighted by Crippen LogP contribution is 2.39. The fourth-order valence-electron chi connectivity index (χ4n) is 3.23. The zero-order valence-corrected chi connectivity index (χ0v) is 13.6. The molecule has 1 heterocycles. The molecule has 2 aromatic carbocycles. The summed E-state index contributed by atoms with van der Waals surface area (Å²) in [4.78, 5) is 12.8. The van der Waals surface area contributed by atoms with Gasteiger partial charge < -0.3 is 4.90 Å². The van der Waals surface area contributed by atoms with Crippen LogP contribution in [0.25, 0.3) is 5.57 Å².